The maximum Gasteiger partial charge on any atom is 0.264 e. The molecule has 0 aromatic carbocycles. The zero-order valence-corrected chi connectivity index (χ0v) is 15.5. The summed E-state index contributed by atoms with van der Waals surface area (Å²) < 4.78 is 5.36. The van der Waals surface area contributed by atoms with Crippen molar-refractivity contribution in [2.45, 2.75) is 13.5 Å². The van der Waals surface area contributed by atoms with Crippen molar-refractivity contribution in [3.63, 3.8) is 0 Å². The van der Waals surface area contributed by atoms with E-state index in [1.165, 1.54) is 4.88 Å². The number of nitrogens with zero attached hydrogens (tertiary/aromatic N) is 4. The van der Waals surface area contributed by atoms with Gasteiger partial charge in [0.2, 0.25) is 11.7 Å². The number of carbonyl (C=O) groups is 1. The molecule has 8 heteroatoms. The predicted octanol–water partition coefficient (Wildman–Crippen LogP) is 3.13. The summed E-state index contributed by atoms with van der Waals surface area (Å²) in [7, 11) is 0. The average Bonchev–Trinajstić information content (AvgIpc) is 3.36. The third-order valence-corrected chi connectivity index (χ3v) is 6.03. The van der Waals surface area contributed by atoms with Crippen LogP contribution in [0.4, 0.5) is 0 Å². The summed E-state index contributed by atoms with van der Waals surface area (Å²) in [5.41, 5.74) is 0. The Morgan fingerprint density at radius 2 is 2.08 bits per heavy atom. The van der Waals surface area contributed by atoms with Gasteiger partial charge in [-0.2, -0.15) is 4.98 Å². The van der Waals surface area contributed by atoms with E-state index in [0.717, 1.165) is 35.9 Å². The van der Waals surface area contributed by atoms with Crippen LogP contribution >= 0.6 is 22.7 Å². The van der Waals surface area contributed by atoms with Gasteiger partial charge in [-0.05, 0) is 30.5 Å². The van der Waals surface area contributed by atoms with E-state index in [1.807, 2.05) is 41.5 Å². The lowest BCUT2D eigenvalue weighted by atomic mass is 10.3. The number of hydrogen-bond acceptors (Lipinski definition) is 7. The van der Waals surface area contributed by atoms with Crippen molar-refractivity contribution in [1.82, 2.24) is 19.9 Å². The molecule has 0 aliphatic carbocycles. The quantitative estimate of drug-likeness (QED) is 0.702. The lowest BCUT2D eigenvalue weighted by Gasteiger charge is -2.33. The number of aromatic nitrogens is 2. The summed E-state index contributed by atoms with van der Waals surface area (Å²) >= 11 is 3.15. The van der Waals surface area contributed by atoms with Crippen LogP contribution in [-0.2, 0) is 6.54 Å². The van der Waals surface area contributed by atoms with Gasteiger partial charge < -0.3 is 9.42 Å². The zero-order valence-electron chi connectivity index (χ0n) is 13.8. The summed E-state index contributed by atoms with van der Waals surface area (Å²) in [4.78, 5) is 24.1. The number of carbonyl (C=O) groups excluding carboxylic acids is 1. The fourth-order valence-electron chi connectivity index (χ4n) is 2.83. The minimum Gasteiger partial charge on any atom is -0.338 e. The highest BCUT2D eigenvalue weighted by atomic mass is 32.1. The van der Waals surface area contributed by atoms with Crippen LogP contribution < -0.4 is 0 Å². The molecular weight excluding hydrogens is 356 g/mol. The van der Waals surface area contributed by atoms with Gasteiger partial charge in [0.05, 0.1) is 16.3 Å². The van der Waals surface area contributed by atoms with Gasteiger partial charge in [0.25, 0.3) is 5.91 Å². The summed E-state index contributed by atoms with van der Waals surface area (Å²) in [6.07, 6.45) is 0. The van der Waals surface area contributed by atoms with Crippen LogP contribution in [0.1, 0.15) is 20.4 Å². The topological polar surface area (TPSA) is 62.5 Å². The fourth-order valence-corrected chi connectivity index (χ4v) is 4.32. The smallest absolute Gasteiger partial charge is 0.264 e. The number of piperazine rings is 1. The van der Waals surface area contributed by atoms with Crippen LogP contribution in [-0.4, -0.2) is 52.0 Å². The van der Waals surface area contributed by atoms with Crippen molar-refractivity contribution < 1.29 is 9.32 Å². The third-order valence-electron chi connectivity index (χ3n) is 4.18. The molecule has 4 rings (SSSR count). The molecule has 4 heterocycles. The highest BCUT2D eigenvalue weighted by Gasteiger charge is 2.24. The lowest BCUT2D eigenvalue weighted by molar-refractivity contribution is 0.0620. The van der Waals surface area contributed by atoms with E-state index in [9.17, 15) is 4.79 Å². The second-order valence-corrected chi connectivity index (χ2v) is 8.20. The van der Waals surface area contributed by atoms with Crippen molar-refractivity contribution in [1.29, 1.82) is 0 Å². The maximum absolute atomic E-state index is 12.5. The van der Waals surface area contributed by atoms with Gasteiger partial charge in [-0.15, -0.1) is 22.7 Å². The van der Waals surface area contributed by atoms with Gasteiger partial charge in [-0.1, -0.05) is 11.2 Å². The Labute approximate surface area is 153 Å². The van der Waals surface area contributed by atoms with E-state index in [-0.39, 0.29) is 5.91 Å². The molecule has 0 unspecified atom stereocenters. The standard InChI is InChI=1S/C17H18N4O2S2/c1-12-4-5-14(25-12)17(22)21-8-6-20(7-9-21)11-15-18-16(19-23-15)13-3-2-10-24-13/h2-5,10H,6-9,11H2,1H3. The summed E-state index contributed by atoms with van der Waals surface area (Å²) in [5.74, 6) is 1.40. The zero-order chi connectivity index (χ0) is 17.2. The van der Waals surface area contributed by atoms with E-state index in [2.05, 4.69) is 15.0 Å². The van der Waals surface area contributed by atoms with Crippen LogP contribution in [0, 0.1) is 6.92 Å². The molecule has 1 saturated heterocycles. The average molecular weight is 374 g/mol. The molecule has 0 bridgehead atoms. The molecule has 1 amide bonds. The molecule has 0 atom stereocenters. The van der Waals surface area contributed by atoms with Gasteiger partial charge >= 0.3 is 0 Å². The molecule has 3 aromatic rings. The number of aryl methyl sites for hydroxylation is 1. The van der Waals surface area contributed by atoms with Crippen molar-refractivity contribution in [3.8, 4) is 10.7 Å². The molecule has 25 heavy (non-hydrogen) atoms. The molecule has 0 spiro atoms. The second-order valence-electron chi connectivity index (χ2n) is 5.97. The van der Waals surface area contributed by atoms with Crippen molar-refractivity contribution in [2.24, 2.45) is 0 Å². The lowest BCUT2D eigenvalue weighted by Crippen LogP contribution is -2.48. The fraction of sp³-hybridized carbons (Fsp3) is 0.353. The monoisotopic (exact) mass is 374 g/mol. The largest absolute Gasteiger partial charge is 0.338 e. The second kappa shape index (κ2) is 7.07. The van der Waals surface area contributed by atoms with E-state index >= 15 is 0 Å². The Morgan fingerprint density at radius 1 is 1.24 bits per heavy atom. The third kappa shape index (κ3) is 3.65. The van der Waals surface area contributed by atoms with Gasteiger partial charge in [0.1, 0.15) is 0 Å². The summed E-state index contributed by atoms with van der Waals surface area (Å²) in [6, 6.07) is 7.87. The van der Waals surface area contributed by atoms with Crippen LogP contribution in [0.5, 0.6) is 0 Å². The number of rotatable bonds is 4. The Morgan fingerprint density at radius 3 is 2.76 bits per heavy atom. The van der Waals surface area contributed by atoms with Crippen LogP contribution in [0.2, 0.25) is 0 Å². The highest BCUT2D eigenvalue weighted by molar-refractivity contribution is 7.14. The molecule has 0 saturated carbocycles. The number of hydrogen-bond donors (Lipinski definition) is 0. The number of thiophene rings is 2. The van der Waals surface area contributed by atoms with Crippen molar-refractivity contribution in [2.75, 3.05) is 26.2 Å². The minimum atomic E-state index is 0.135. The minimum absolute atomic E-state index is 0.135. The van der Waals surface area contributed by atoms with Crippen molar-refractivity contribution in [3.05, 3.63) is 45.3 Å². The van der Waals surface area contributed by atoms with Gasteiger partial charge in [-0.3, -0.25) is 9.69 Å². The van der Waals surface area contributed by atoms with Crippen LogP contribution in [0.15, 0.2) is 34.2 Å². The first kappa shape index (κ1) is 16.4. The van der Waals surface area contributed by atoms with Gasteiger partial charge in [0.15, 0.2) is 0 Å². The van der Waals surface area contributed by atoms with E-state index in [4.69, 9.17) is 4.52 Å². The Hall–Kier alpha value is -2.03. The normalized spacial score (nSPS) is 15.6. The van der Waals surface area contributed by atoms with Crippen molar-refractivity contribution >= 4 is 28.6 Å². The molecule has 1 fully saturated rings. The van der Waals surface area contributed by atoms with Crippen LogP contribution in [0.25, 0.3) is 10.7 Å². The molecular formula is C17H18N4O2S2. The first-order valence-electron chi connectivity index (χ1n) is 8.13. The molecule has 1 aliphatic heterocycles. The first-order valence-corrected chi connectivity index (χ1v) is 9.83. The molecule has 3 aromatic heterocycles. The highest BCUT2D eigenvalue weighted by Crippen LogP contribution is 2.22. The van der Waals surface area contributed by atoms with E-state index in [0.29, 0.717) is 18.3 Å². The maximum atomic E-state index is 12.5. The van der Waals surface area contributed by atoms with E-state index < -0.39 is 0 Å². The molecule has 1 aliphatic rings. The van der Waals surface area contributed by atoms with E-state index in [1.54, 1.807) is 22.7 Å². The Balaban J connectivity index is 1.32. The summed E-state index contributed by atoms with van der Waals surface area (Å²) in [6.45, 7) is 5.72. The Kier molecular flexibility index (Phi) is 4.65. The predicted molar refractivity (Wildman–Crippen MR) is 97.8 cm³/mol. The number of amides is 1. The SMILES string of the molecule is Cc1ccc(C(=O)N2CCN(Cc3nc(-c4cccs4)no3)CC2)s1. The van der Waals surface area contributed by atoms with Gasteiger partial charge in [-0.25, -0.2) is 0 Å². The molecule has 0 N–H and O–H groups in total. The van der Waals surface area contributed by atoms with Crippen LogP contribution in [0.3, 0.4) is 0 Å². The molecule has 130 valence electrons. The summed E-state index contributed by atoms with van der Waals surface area (Å²) in [5, 5.41) is 6.04. The first-order chi connectivity index (χ1) is 12.2. The Bertz CT molecular complexity index is 848. The van der Waals surface area contributed by atoms with Gasteiger partial charge in [0, 0.05) is 31.1 Å². The molecule has 0 radical (unpaired) electrons. The molecule has 6 nitrogen and oxygen atoms in total.